The molecule has 302 valence electrons. The molecule has 19 heteroatoms. The Morgan fingerprint density at radius 3 is 0.882 bits per heavy atom. The Morgan fingerprint density at radius 1 is 0.373 bits per heavy atom. The van der Waals surface area contributed by atoms with Crippen molar-refractivity contribution < 1.29 is 85.8 Å². The summed E-state index contributed by atoms with van der Waals surface area (Å²) in [7, 11) is 0. The zero-order chi connectivity index (χ0) is 37.1. The van der Waals surface area contributed by atoms with Crippen LogP contribution in [0.5, 0.6) is 0 Å². The van der Waals surface area contributed by atoms with E-state index in [-0.39, 0.29) is 19.2 Å². The van der Waals surface area contributed by atoms with Crippen LogP contribution in [0.15, 0.2) is 0 Å². The number of aliphatic carboxylic acids is 1. The fourth-order valence-electron chi connectivity index (χ4n) is 3.31. The topological polar surface area (TPSA) is 213 Å². The standard InChI is InChI=1S/C32H61NO18/c1-30(34)51-27-26-49-25-24-48-23-22-47-21-20-46-19-18-45-17-16-44-15-14-43-13-12-42-11-10-41-9-8-40-7-6-39-5-4-38-3-2-33-31(35)28-50-29-32(36)37/h2-29H2,1H3,(H,33,35)(H,36,37). The maximum atomic E-state index is 11.4. The van der Waals surface area contributed by atoms with E-state index in [1.54, 1.807) is 0 Å². The highest BCUT2D eigenvalue weighted by Crippen LogP contribution is 1.88. The highest BCUT2D eigenvalue weighted by atomic mass is 16.6. The van der Waals surface area contributed by atoms with Crippen LogP contribution in [-0.4, -0.2) is 208 Å². The van der Waals surface area contributed by atoms with Crippen LogP contribution in [0.3, 0.4) is 0 Å². The van der Waals surface area contributed by atoms with Gasteiger partial charge in [-0.2, -0.15) is 0 Å². The van der Waals surface area contributed by atoms with Gasteiger partial charge in [0.25, 0.3) is 0 Å². The maximum Gasteiger partial charge on any atom is 0.329 e. The van der Waals surface area contributed by atoms with E-state index in [9.17, 15) is 14.4 Å². The van der Waals surface area contributed by atoms with Gasteiger partial charge in [-0.1, -0.05) is 0 Å². The molecule has 0 fully saturated rings. The predicted molar refractivity (Wildman–Crippen MR) is 178 cm³/mol. The zero-order valence-electron chi connectivity index (χ0n) is 30.2. The molecule has 0 aromatic rings. The average Bonchev–Trinajstić information content (AvgIpc) is 3.10. The van der Waals surface area contributed by atoms with Gasteiger partial charge in [0.15, 0.2) is 0 Å². The molecule has 0 saturated carbocycles. The van der Waals surface area contributed by atoms with Crippen molar-refractivity contribution in [3.63, 3.8) is 0 Å². The fourth-order valence-corrected chi connectivity index (χ4v) is 3.31. The van der Waals surface area contributed by atoms with Gasteiger partial charge in [0.1, 0.15) is 19.8 Å². The van der Waals surface area contributed by atoms with Crippen molar-refractivity contribution in [1.29, 1.82) is 0 Å². The molecule has 0 aliphatic rings. The Hall–Kier alpha value is -2.11. The van der Waals surface area contributed by atoms with Crippen LogP contribution in [0.4, 0.5) is 0 Å². The van der Waals surface area contributed by atoms with Gasteiger partial charge in [-0.05, 0) is 0 Å². The van der Waals surface area contributed by atoms with Gasteiger partial charge >= 0.3 is 11.9 Å². The number of hydrogen-bond donors (Lipinski definition) is 2. The molecule has 1 amide bonds. The summed E-state index contributed by atoms with van der Waals surface area (Å²) in [5.41, 5.74) is 0. The zero-order valence-corrected chi connectivity index (χ0v) is 30.2. The molecular weight excluding hydrogens is 686 g/mol. The fraction of sp³-hybridized carbons (Fsp3) is 0.906. The van der Waals surface area contributed by atoms with Crippen molar-refractivity contribution in [3.8, 4) is 0 Å². The Morgan fingerprint density at radius 2 is 0.627 bits per heavy atom. The van der Waals surface area contributed by atoms with E-state index in [0.29, 0.717) is 165 Å². The summed E-state index contributed by atoms with van der Waals surface area (Å²) in [4.78, 5) is 32.2. The summed E-state index contributed by atoms with van der Waals surface area (Å²) in [5, 5.41) is 11.0. The van der Waals surface area contributed by atoms with Crippen LogP contribution in [0.2, 0.25) is 0 Å². The summed E-state index contributed by atoms with van der Waals surface area (Å²) in [5.74, 6) is -1.85. The van der Waals surface area contributed by atoms with Crippen LogP contribution < -0.4 is 5.32 Å². The number of amides is 1. The molecule has 0 aromatic heterocycles. The van der Waals surface area contributed by atoms with Crippen LogP contribution >= 0.6 is 0 Å². The number of carboxylic acids is 1. The monoisotopic (exact) mass is 747 g/mol. The van der Waals surface area contributed by atoms with Crippen molar-refractivity contribution >= 4 is 17.8 Å². The van der Waals surface area contributed by atoms with E-state index in [0.717, 1.165) is 0 Å². The van der Waals surface area contributed by atoms with Crippen LogP contribution in [0, 0.1) is 0 Å². The number of esters is 1. The van der Waals surface area contributed by atoms with Crippen molar-refractivity contribution in [3.05, 3.63) is 0 Å². The number of rotatable bonds is 43. The van der Waals surface area contributed by atoms with E-state index < -0.39 is 18.5 Å². The molecule has 0 unspecified atom stereocenters. The van der Waals surface area contributed by atoms with Crippen LogP contribution in [0.25, 0.3) is 0 Å². The first-order chi connectivity index (χ1) is 25.0. The molecule has 0 spiro atoms. The minimum Gasteiger partial charge on any atom is -0.480 e. The average molecular weight is 748 g/mol. The molecule has 0 bridgehead atoms. The van der Waals surface area contributed by atoms with Gasteiger partial charge in [-0.15, -0.1) is 0 Å². The second-order valence-electron chi connectivity index (χ2n) is 9.93. The lowest BCUT2D eigenvalue weighted by atomic mass is 10.6. The maximum absolute atomic E-state index is 11.4. The van der Waals surface area contributed by atoms with E-state index in [1.807, 2.05) is 0 Å². The lowest BCUT2D eigenvalue weighted by Crippen LogP contribution is -2.31. The summed E-state index contributed by atoms with van der Waals surface area (Å²) in [6.07, 6.45) is 0. The normalized spacial score (nSPS) is 11.2. The molecule has 0 atom stereocenters. The Bertz CT molecular complexity index is 766. The smallest absolute Gasteiger partial charge is 0.329 e. The number of carboxylic acid groups (broad SMARTS) is 1. The first-order valence-corrected chi connectivity index (χ1v) is 17.1. The predicted octanol–water partition coefficient (Wildman–Crippen LogP) is -1.03. The third-order valence-electron chi connectivity index (χ3n) is 5.65. The van der Waals surface area contributed by atoms with Gasteiger partial charge in [0.05, 0.1) is 159 Å². The SMILES string of the molecule is CC(=O)OCCOCCOCCOCCOCCOCCOCCOCCOCCOCCOCCOCCOCCNC(=O)COCC(=O)O. The lowest BCUT2D eigenvalue weighted by molar-refractivity contribution is -0.144. The number of carbonyl (C=O) groups is 3. The Kier molecular flexibility index (Phi) is 40.6. The van der Waals surface area contributed by atoms with Gasteiger partial charge < -0.3 is 76.7 Å². The molecular formula is C32H61NO18. The van der Waals surface area contributed by atoms with Gasteiger partial charge in [0, 0.05) is 13.5 Å². The minimum absolute atomic E-state index is 0.249. The van der Waals surface area contributed by atoms with Crippen molar-refractivity contribution in [2.24, 2.45) is 0 Å². The number of ether oxygens (including phenoxy) is 14. The molecule has 0 saturated heterocycles. The second-order valence-corrected chi connectivity index (χ2v) is 9.93. The summed E-state index contributed by atoms with van der Waals surface area (Å²) in [6, 6.07) is 0. The summed E-state index contributed by atoms with van der Waals surface area (Å²) in [6.45, 7) is 11.8. The summed E-state index contributed by atoms with van der Waals surface area (Å²) < 4.78 is 74.3. The molecule has 0 aromatic carbocycles. The minimum atomic E-state index is -1.13. The molecule has 19 nitrogen and oxygen atoms in total. The highest BCUT2D eigenvalue weighted by Gasteiger charge is 2.03. The first-order valence-electron chi connectivity index (χ1n) is 17.1. The van der Waals surface area contributed by atoms with Gasteiger partial charge in [-0.3, -0.25) is 9.59 Å². The molecule has 51 heavy (non-hydrogen) atoms. The van der Waals surface area contributed by atoms with Gasteiger partial charge in [0.2, 0.25) is 5.91 Å². The third-order valence-corrected chi connectivity index (χ3v) is 5.65. The van der Waals surface area contributed by atoms with Crippen molar-refractivity contribution in [2.75, 3.05) is 185 Å². The third kappa shape index (κ3) is 45.9. The Labute approximate surface area is 300 Å². The molecule has 0 aliphatic carbocycles. The van der Waals surface area contributed by atoms with E-state index in [2.05, 4.69) is 10.1 Å². The molecule has 0 radical (unpaired) electrons. The number of nitrogens with one attached hydrogen (secondary N) is 1. The number of carbonyl (C=O) groups excluding carboxylic acids is 2. The Balaban J connectivity index is 3.09. The summed E-state index contributed by atoms with van der Waals surface area (Å²) >= 11 is 0. The number of hydrogen-bond acceptors (Lipinski definition) is 17. The molecule has 0 heterocycles. The van der Waals surface area contributed by atoms with Crippen LogP contribution in [0.1, 0.15) is 6.92 Å². The van der Waals surface area contributed by atoms with E-state index in [4.69, 9.17) is 66.7 Å². The highest BCUT2D eigenvalue weighted by molar-refractivity contribution is 5.77. The van der Waals surface area contributed by atoms with E-state index in [1.165, 1.54) is 6.92 Å². The molecule has 2 N–H and O–H groups in total. The van der Waals surface area contributed by atoms with Crippen molar-refractivity contribution in [1.82, 2.24) is 5.32 Å². The second kappa shape index (κ2) is 42.3. The van der Waals surface area contributed by atoms with E-state index >= 15 is 0 Å². The van der Waals surface area contributed by atoms with Crippen LogP contribution in [-0.2, 0) is 80.7 Å². The first kappa shape index (κ1) is 48.9. The molecule has 0 rings (SSSR count). The molecule has 0 aliphatic heterocycles. The quantitative estimate of drug-likeness (QED) is 0.0564. The van der Waals surface area contributed by atoms with Gasteiger partial charge in [-0.25, -0.2) is 4.79 Å². The van der Waals surface area contributed by atoms with Crippen molar-refractivity contribution in [2.45, 2.75) is 6.92 Å². The lowest BCUT2D eigenvalue weighted by Gasteiger charge is -2.09. The largest absolute Gasteiger partial charge is 0.480 e.